The first kappa shape index (κ1) is 13.0. The van der Waals surface area contributed by atoms with Crippen molar-refractivity contribution in [2.24, 2.45) is 5.92 Å². The van der Waals surface area contributed by atoms with Crippen LogP contribution in [0.2, 0.25) is 0 Å². The Balaban J connectivity index is 1.54. The maximum atomic E-state index is 12.1. The van der Waals surface area contributed by atoms with Crippen LogP contribution in [0.5, 0.6) is 0 Å². The van der Waals surface area contributed by atoms with Gasteiger partial charge in [0, 0.05) is 25.2 Å². The number of nitrogens with one attached hydrogen (secondary N) is 1. The first-order valence-corrected chi connectivity index (χ1v) is 7.44. The monoisotopic (exact) mass is 289 g/mol. The van der Waals surface area contributed by atoms with Gasteiger partial charge in [-0.1, -0.05) is 17.4 Å². The van der Waals surface area contributed by atoms with Gasteiger partial charge in [0.05, 0.1) is 0 Å². The average Bonchev–Trinajstić information content (AvgIpc) is 3.01. The van der Waals surface area contributed by atoms with Gasteiger partial charge in [-0.25, -0.2) is 4.98 Å². The fourth-order valence-corrected chi connectivity index (χ4v) is 2.79. The van der Waals surface area contributed by atoms with E-state index in [1.54, 1.807) is 11.7 Å². The van der Waals surface area contributed by atoms with E-state index in [9.17, 15) is 4.79 Å². The quantitative estimate of drug-likeness (QED) is 0.932. The minimum Gasteiger partial charge on any atom is -0.357 e. The highest BCUT2D eigenvalue weighted by atomic mass is 32.1. The van der Waals surface area contributed by atoms with Crippen LogP contribution >= 0.6 is 11.3 Å². The Bertz CT molecular complexity index is 551. The molecule has 1 aliphatic rings. The van der Waals surface area contributed by atoms with E-state index in [1.807, 2.05) is 18.2 Å². The third-order valence-corrected chi connectivity index (χ3v) is 4.04. The highest BCUT2D eigenvalue weighted by Gasteiger charge is 2.25. The van der Waals surface area contributed by atoms with Gasteiger partial charge in [0.15, 0.2) is 0 Å². The van der Waals surface area contributed by atoms with Crippen LogP contribution in [-0.4, -0.2) is 34.2 Å². The Hall–Kier alpha value is -2.02. The molecule has 0 unspecified atom stereocenters. The minimum absolute atomic E-state index is 0.0406. The van der Waals surface area contributed by atoms with Crippen molar-refractivity contribution in [2.75, 3.05) is 23.3 Å². The number of hydrogen-bond donors (Lipinski definition) is 1. The number of carbonyl (C=O) groups excluding carboxylic acids is 1. The molecule has 1 aliphatic heterocycles. The van der Waals surface area contributed by atoms with Crippen molar-refractivity contribution in [3.05, 3.63) is 29.9 Å². The van der Waals surface area contributed by atoms with Crippen LogP contribution in [0.15, 0.2) is 29.9 Å². The van der Waals surface area contributed by atoms with E-state index in [-0.39, 0.29) is 11.8 Å². The summed E-state index contributed by atoms with van der Waals surface area (Å²) in [6.07, 6.45) is 3.46. The zero-order chi connectivity index (χ0) is 13.8. The lowest BCUT2D eigenvalue weighted by Crippen LogP contribution is -2.38. The lowest BCUT2D eigenvalue weighted by atomic mass is 9.96. The number of anilines is 2. The van der Waals surface area contributed by atoms with Crippen LogP contribution in [-0.2, 0) is 4.79 Å². The summed E-state index contributed by atoms with van der Waals surface area (Å²) < 4.78 is 0. The number of nitrogens with zero attached hydrogens (tertiary/aromatic N) is 4. The minimum atomic E-state index is 0.0406. The maximum Gasteiger partial charge on any atom is 0.229 e. The number of amides is 1. The lowest BCUT2D eigenvalue weighted by molar-refractivity contribution is -0.120. The van der Waals surface area contributed by atoms with E-state index in [2.05, 4.69) is 25.4 Å². The molecule has 0 bridgehead atoms. The molecule has 0 aliphatic carbocycles. The van der Waals surface area contributed by atoms with Crippen LogP contribution in [0.25, 0.3) is 0 Å². The van der Waals surface area contributed by atoms with Gasteiger partial charge in [-0.15, -0.1) is 10.2 Å². The van der Waals surface area contributed by atoms with Gasteiger partial charge in [-0.3, -0.25) is 4.79 Å². The maximum absolute atomic E-state index is 12.1. The Morgan fingerprint density at radius 3 is 2.85 bits per heavy atom. The molecule has 6 nitrogen and oxygen atoms in total. The fraction of sp³-hybridized carbons (Fsp3) is 0.385. The largest absolute Gasteiger partial charge is 0.357 e. The fourth-order valence-electron chi connectivity index (χ4n) is 2.35. The second-order valence-electron chi connectivity index (χ2n) is 4.68. The molecule has 1 saturated heterocycles. The summed E-state index contributed by atoms with van der Waals surface area (Å²) >= 11 is 1.34. The first-order valence-electron chi connectivity index (χ1n) is 6.56. The van der Waals surface area contributed by atoms with Crippen LogP contribution in [0, 0.1) is 5.92 Å². The predicted octanol–water partition coefficient (Wildman–Crippen LogP) is 1.79. The Labute approximate surface area is 120 Å². The molecule has 20 heavy (non-hydrogen) atoms. The molecule has 0 atom stereocenters. The van der Waals surface area contributed by atoms with Crippen molar-refractivity contribution in [1.29, 1.82) is 0 Å². The van der Waals surface area contributed by atoms with Crippen molar-refractivity contribution in [3.63, 3.8) is 0 Å². The van der Waals surface area contributed by atoms with E-state index < -0.39 is 0 Å². The molecule has 2 aromatic rings. The molecule has 0 radical (unpaired) electrons. The first-order chi connectivity index (χ1) is 9.83. The molecule has 0 aromatic carbocycles. The van der Waals surface area contributed by atoms with Crippen LogP contribution in [0.1, 0.15) is 12.8 Å². The zero-order valence-corrected chi connectivity index (χ0v) is 11.7. The topological polar surface area (TPSA) is 71.0 Å². The number of rotatable bonds is 3. The Kier molecular flexibility index (Phi) is 3.87. The van der Waals surface area contributed by atoms with Crippen LogP contribution in [0.3, 0.4) is 0 Å². The summed E-state index contributed by atoms with van der Waals surface area (Å²) in [7, 11) is 0. The van der Waals surface area contributed by atoms with E-state index in [0.717, 1.165) is 31.7 Å². The van der Waals surface area contributed by atoms with E-state index in [1.165, 1.54) is 11.3 Å². The van der Waals surface area contributed by atoms with Gasteiger partial charge >= 0.3 is 0 Å². The zero-order valence-electron chi connectivity index (χ0n) is 10.9. The van der Waals surface area contributed by atoms with E-state index in [0.29, 0.717) is 5.13 Å². The van der Waals surface area contributed by atoms with Crippen LogP contribution in [0.4, 0.5) is 10.9 Å². The molecule has 0 spiro atoms. The molecular weight excluding hydrogens is 274 g/mol. The molecule has 7 heteroatoms. The average molecular weight is 289 g/mol. The van der Waals surface area contributed by atoms with Crippen LogP contribution < -0.4 is 10.2 Å². The summed E-state index contributed by atoms with van der Waals surface area (Å²) in [5, 5.41) is 10.9. The number of piperidine rings is 1. The summed E-state index contributed by atoms with van der Waals surface area (Å²) in [5.74, 6) is 1.07. The second-order valence-corrected chi connectivity index (χ2v) is 5.52. The molecule has 2 aromatic heterocycles. The molecule has 1 amide bonds. The second kappa shape index (κ2) is 5.96. The third-order valence-electron chi connectivity index (χ3n) is 3.43. The van der Waals surface area contributed by atoms with Crippen molar-refractivity contribution in [1.82, 2.24) is 15.2 Å². The summed E-state index contributed by atoms with van der Waals surface area (Å²) in [6.45, 7) is 1.70. The van der Waals surface area contributed by atoms with Crippen molar-refractivity contribution >= 4 is 28.2 Å². The molecule has 1 fully saturated rings. The normalized spacial score (nSPS) is 16.1. The van der Waals surface area contributed by atoms with Gasteiger partial charge in [0.25, 0.3) is 0 Å². The Morgan fingerprint density at radius 2 is 2.20 bits per heavy atom. The summed E-state index contributed by atoms with van der Waals surface area (Å²) in [4.78, 5) is 18.7. The third kappa shape index (κ3) is 2.93. The molecule has 3 rings (SSSR count). The van der Waals surface area contributed by atoms with Gasteiger partial charge < -0.3 is 10.2 Å². The molecule has 3 heterocycles. The van der Waals surface area contributed by atoms with Gasteiger partial charge in [-0.2, -0.15) is 0 Å². The van der Waals surface area contributed by atoms with Gasteiger partial charge in [0.2, 0.25) is 11.0 Å². The highest BCUT2D eigenvalue weighted by Crippen LogP contribution is 2.23. The Morgan fingerprint density at radius 1 is 1.35 bits per heavy atom. The van der Waals surface area contributed by atoms with Crippen molar-refractivity contribution < 1.29 is 4.79 Å². The van der Waals surface area contributed by atoms with Gasteiger partial charge in [-0.05, 0) is 25.0 Å². The number of aromatic nitrogens is 3. The summed E-state index contributed by atoms with van der Waals surface area (Å²) in [6, 6.07) is 5.89. The SMILES string of the molecule is O=C(Nc1nncs1)C1CCN(c2ccccn2)CC1. The standard InChI is InChI=1S/C13H15N5OS/c19-12(16-13-17-15-9-20-13)10-4-7-18(8-5-10)11-3-1-2-6-14-11/h1-3,6,9-10H,4-5,7-8H2,(H,16,17,19). The number of hydrogen-bond acceptors (Lipinski definition) is 6. The highest BCUT2D eigenvalue weighted by molar-refractivity contribution is 7.13. The predicted molar refractivity (Wildman–Crippen MR) is 77.7 cm³/mol. The van der Waals surface area contributed by atoms with E-state index >= 15 is 0 Å². The molecular formula is C13H15N5OS. The molecule has 104 valence electrons. The molecule has 0 saturated carbocycles. The van der Waals surface area contributed by atoms with E-state index in [4.69, 9.17) is 0 Å². The summed E-state index contributed by atoms with van der Waals surface area (Å²) in [5.41, 5.74) is 1.61. The lowest BCUT2D eigenvalue weighted by Gasteiger charge is -2.31. The molecule has 1 N–H and O–H groups in total. The number of carbonyl (C=O) groups is 1. The van der Waals surface area contributed by atoms with Crippen molar-refractivity contribution in [2.45, 2.75) is 12.8 Å². The number of pyridine rings is 1. The smallest absolute Gasteiger partial charge is 0.229 e. The van der Waals surface area contributed by atoms with Gasteiger partial charge in [0.1, 0.15) is 11.3 Å². The van der Waals surface area contributed by atoms with Crippen molar-refractivity contribution in [3.8, 4) is 0 Å².